The maximum atomic E-state index is 5.53. The summed E-state index contributed by atoms with van der Waals surface area (Å²) in [5.74, 6) is 0.906. The molecule has 0 spiro atoms. The zero-order chi connectivity index (χ0) is 9.68. The second kappa shape index (κ2) is 5.10. The van der Waals surface area contributed by atoms with Gasteiger partial charge in [0.2, 0.25) is 0 Å². The van der Waals surface area contributed by atoms with E-state index in [1.165, 1.54) is 5.56 Å². The van der Waals surface area contributed by atoms with Crippen molar-refractivity contribution in [3.8, 4) is 5.75 Å². The standard InChI is InChI=1S/C10H14ClNO/c1-8-3-4-10(13-2)9(5-8)6-12-7-11/h3-5,12H,6-7H2,1-2H3. The van der Waals surface area contributed by atoms with Crippen LogP contribution in [0.3, 0.4) is 0 Å². The van der Waals surface area contributed by atoms with Crippen molar-refractivity contribution in [3.05, 3.63) is 29.3 Å². The largest absolute Gasteiger partial charge is 0.496 e. The zero-order valence-electron chi connectivity index (χ0n) is 7.93. The molecule has 0 saturated carbocycles. The number of hydrogen-bond donors (Lipinski definition) is 1. The van der Waals surface area contributed by atoms with E-state index in [1.807, 2.05) is 12.1 Å². The van der Waals surface area contributed by atoms with E-state index >= 15 is 0 Å². The first-order valence-corrected chi connectivity index (χ1v) is 4.71. The van der Waals surface area contributed by atoms with Crippen molar-refractivity contribution in [3.63, 3.8) is 0 Å². The van der Waals surface area contributed by atoms with Crippen LogP contribution in [-0.4, -0.2) is 13.1 Å². The number of hydrogen-bond acceptors (Lipinski definition) is 2. The van der Waals surface area contributed by atoms with E-state index in [2.05, 4.69) is 18.3 Å². The number of nitrogens with one attached hydrogen (secondary N) is 1. The molecule has 0 bridgehead atoms. The first kappa shape index (κ1) is 10.4. The van der Waals surface area contributed by atoms with Gasteiger partial charge in [0.15, 0.2) is 0 Å². The van der Waals surface area contributed by atoms with Gasteiger partial charge < -0.3 is 4.74 Å². The molecule has 0 aliphatic rings. The van der Waals surface area contributed by atoms with Gasteiger partial charge >= 0.3 is 0 Å². The van der Waals surface area contributed by atoms with E-state index in [0.29, 0.717) is 6.00 Å². The van der Waals surface area contributed by atoms with E-state index in [0.717, 1.165) is 17.9 Å². The third-order valence-electron chi connectivity index (χ3n) is 1.85. The Hall–Kier alpha value is -0.730. The van der Waals surface area contributed by atoms with Crippen molar-refractivity contribution in [1.82, 2.24) is 5.32 Å². The van der Waals surface area contributed by atoms with Gasteiger partial charge in [0.05, 0.1) is 13.1 Å². The minimum absolute atomic E-state index is 0.455. The number of methoxy groups -OCH3 is 1. The summed E-state index contributed by atoms with van der Waals surface area (Å²) < 4.78 is 5.21. The van der Waals surface area contributed by atoms with Gasteiger partial charge in [-0.3, -0.25) is 5.32 Å². The molecule has 0 heterocycles. The number of aryl methyl sites for hydroxylation is 1. The maximum Gasteiger partial charge on any atom is 0.123 e. The molecule has 3 heteroatoms. The first-order chi connectivity index (χ1) is 6.27. The highest BCUT2D eigenvalue weighted by molar-refractivity contribution is 6.17. The highest BCUT2D eigenvalue weighted by Gasteiger charge is 2.01. The molecule has 1 aromatic rings. The Morgan fingerprint density at radius 3 is 2.85 bits per heavy atom. The summed E-state index contributed by atoms with van der Waals surface area (Å²) >= 11 is 5.53. The molecule has 0 aliphatic heterocycles. The monoisotopic (exact) mass is 199 g/mol. The summed E-state index contributed by atoms with van der Waals surface area (Å²) in [5, 5.41) is 3.05. The van der Waals surface area contributed by atoms with E-state index in [-0.39, 0.29) is 0 Å². The van der Waals surface area contributed by atoms with Crippen molar-refractivity contribution in [2.24, 2.45) is 0 Å². The van der Waals surface area contributed by atoms with Gasteiger partial charge in [0.25, 0.3) is 0 Å². The Morgan fingerprint density at radius 1 is 1.46 bits per heavy atom. The van der Waals surface area contributed by atoms with Crippen LogP contribution in [0.15, 0.2) is 18.2 Å². The van der Waals surface area contributed by atoms with Gasteiger partial charge in [-0.1, -0.05) is 17.7 Å². The molecule has 0 fully saturated rings. The van der Waals surface area contributed by atoms with Crippen molar-refractivity contribution in [2.45, 2.75) is 13.5 Å². The first-order valence-electron chi connectivity index (χ1n) is 4.18. The summed E-state index contributed by atoms with van der Waals surface area (Å²) in [6.45, 7) is 2.80. The zero-order valence-corrected chi connectivity index (χ0v) is 8.69. The minimum Gasteiger partial charge on any atom is -0.496 e. The van der Waals surface area contributed by atoms with Crippen LogP contribution in [0.2, 0.25) is 0 Å². The fraction of sp³-hybridized carbons (Fsp3) is 0.400. The molecule has 1 aromatic carbocycles. The van der Waals surface area contributed by atoms with Crippen molar-refractivity contribution < 1.29 is 4.74 Å². The predicted molar refractivity (Wildman–Crippen MR) is 55.3 cm³/mol. The summed E-state index contributed by atoms with van der Waals surface area (Å²) in [4.78, 5) is 0. The van der Waals surface area contributed by atoms with Gasteiger partial charge in [-0.15, -0.1) is 11.6 Å². The quantitative estimate of drug-likeness (QED) is 0.594. The normalized spacial score (nSPS) is 10.1. The molecule has 1 rings (SSSR count). The molecule has 0 unspecified atom stereocenters. The molecule has 0 saturated heterocycles. The van der Waals surface area contributed by atoms with Gasteiger partial charge in [-0.05, 0) is 13.0 Å². The Balaban J connectivity index is 2.81. The summed E-state index contributed by atoms with van der Waals surface area (Å²) in [6, 6.07) is 6.55. The number of alkyl halides is 1. The van der Waals surface area contributed by atoms with Gasteiger partial charge in [-0.2, -0.15) is 0 Å². The van der Waals surface area contributed by atoms with Crippen LogP contribution in [0.4, 0.5) is 0 Å². The molecular formula is C10H14ClNO. The second-order valence-electron chi connectivity index (χ2n) is 2.88. The average Bonchev–Trinajstić information content (AvgIpc) is 2.15. The molecular weight excluding hydrogens is 186 g/mol. The molecule has 13 heavy (non-hydrogen) atoms. The lowest BCUT2D eigenvalue weighted by molar-refractivity contribution is 0.408. The van der Waals surface area contributed by atoms with Crippen LogP contribution < -0.4 is 10.1 Å². The Morgan fingerprint density at radius 2 is 2.23 bits per heavy atom. The number of rotatable bonds is 4. The maximum absolute atomic E-state index is 5.53. The highest BCUT2D eigenvalue weighted by atomic mass is 35.5. The second-order valence-corrected chi connectivity index (χ2v) is 3.14. The summed E-state index contributed by atoms with van der Waals surface area (Å²) in [7, 11) is 1.68. The minimum atomic E-state index is 0.455. The number of halogens is 1. The highest BCUT2D eigenvalue weighted by Crippen LogP contribution is 2.19. The van der Waals surface area contributed by atoms with Gasteiger partial charge in [-0.25, -0.2) is 0 Å². The van der Waals surface area contributed by atoms with Crippen LogP contribution in [-0.2, 0) is 6.54 Å². The fourth-order valence-corrected chi connectivity index (χ4v) is 1.32. The van der Waals surface area contributed by atoms with Crippen LogP contribution >= 0.6 is 11.6 Å². The van der Waals surface area contributed by atoms with Crippen molar-refractivity contribution in [1.29, 1.82) is 0 Å². The molecule has 1 N–H and O–H groups in total. The number of ether oxygens (including phenoxy) is 1. The van der Waals surface area contributed by atoms with Crippen molar-refractivity contribution >= 4 is 11.6 Å². The van der Waals surface area contributed by atoms with Crippen LogP contribution in [0.5, 0.6) is 5.75 Å². The summed E-state index contributed by atoms with van der Waals surface area (Å²) in [6.07, 6.45) is 0. The Bertz CT molecular complexity index is 276. The van der Waals surface area contributed by atoms with E-state index in [1.54, 1.807) is 7.11 Å². The fourth-order valence-electron chi connectivity index (χ4n) is 1.23. The molecule has 0 aromatic heterocycles. The molecule has 0 radical (unpaired) electrons. The van der Waals surface area contributed by atoms with E-state index in [9.17, 15) is 0 Å². The lowest BCUT2D eigenvalue weighted by Gasteiger charge is -2.08. The topological polar surface area (TPSA) is 21.3 Å². The third-order valence-corrected chi connectivity index (χ3v) is 2.03. The Kier molecular flexibility index (Phi) is 4.06. The third kappa shape index (κ3) is 2.90. The smallest absolute Gasteiger partial charge is 0.123 e. The lowest BCUT2D eigenvalue weighted by atomic mass is 10.1. The molecule has 72 valence electrons. The van der Waals surface area contributed by atoms with Crippen LogP contribution in [0, 0.1) is 6.92 Å². The van der Waals surface area contributed by atoms with Gasteiger partial charge in [0, 0.05) is 12.1 Å². The predicted octanol–water partition coefficient (Wildman–Crippen LogP) is 2.29. The Labute approximate surface area is 83.9 Å². The van der Waals surface area contributed by atoms with E-state index < -0.39 is 0 Å². The molecule has 0 atom stereocenters. The molecule has 0 aliphatic carbocycles. The summed E-state index contributed by atoms with van der Waals surface area (Å²) in [5.41, 5.74) is 2.37. The van der Waals surface area contributed by atoms with E-state index in [4.69, 9.17) is 16.3 Å². The SMILES string of the molecule is COc1ccc(C)cc1CNCCl. The molecule has 2 nitrogen and oxygen atoms in total. The van der Waals surface area contributed by atoms with Crippen LogP contribution in [0.25, 0.3) is 0 Å². The lowest BCUT2D eigenvalue weighted by Crippen LogP contribution is -2.11. The van der Waals surface area contributed by atoms with Crippen molar-refractivity contribution in [2.75, 3.05) is 13.1 Å². The molecule has 0 amide bonds. The van der Waals surface area contributed by atoms with Crippen LogP contribution in [0.1, 0.15) is 11.1 Å². The van der Waals surface area contributed by atoms with Gasteiger partial charge in [0.1, 0.15) is 5.75 Å². The number of benzene rings is 1. The average molecular weight is 200 g/mol.